The maximum absolute atomic E-state index is 13.5. The average Bonchev–Trinajstić information content (AvgIpc) is 2.90. The normalized spacial score (nSPS) is 24.5. The van der Waals surface area contributed by atoms with E-state index in [0.29, 0.717) is 28.6 Å². The smallest absolute Gasteiger partial charge is 0.308 e. The molecule has 214 valence electrons. The summed E-state index contributed by atoms with van der Waals surface area (Å²) in [5.41, 5.74) is 1.38. The Morgan fingerprint density at radius 1 is 1.12 bits per heavy atom. The molecule has 1 aliphatic heterocycles. The van der Waals surface area contributed by atoms with Crippen molar-refractivity contribution < 1.29 is 23.9 Å². The molecule has 1 saturated heterocycles. The molecule has 0 aromatic heterocycles. The summed E-state index contributed by atoms with van der Waals surface area (Å²) in [6.07, 6.45) is 3.66. The molecule has 0 N–H and O–H groups in total. The number of fused-ring (bicyclic) bond motifs is 1. The molecule has 0 spiro atoms. The van der Waals surface area contributed by atoms with Gasteiger partial charge in [-0.15, -0.1) is 6.58 Å². The number of ether oxygens (including phenoxy) is 2. The number of carbonyl (C=O) groups is 3. The summed E-state index contributed by atoms with van der Waals surface area (Å²) in [4.78, 5) is 41.6. The Morgan fingerprint density at radius 3 is 2.58 bits per heavy atom. The van der Waals surface area contributed by atoms with Crippen molar-refractivity contribution in [2.75, 3.05) is 26.7 Å². The number of likely N-dealkylation sites (N-methyl/N-ethyl adjacent to an activating group) is 1. The van der Waals surface area contributed by atoms with Gasteiger partial charge in [-0.3, -0.25) is 19.3 Å². The lowest BCUT2D eigenvalue weighted by Gasteiger charge is -2.56. The third-order valence-electron chi connectivity index (χ3n) is 8.25. The highest BCUT2D eigenvalue weighted by Gasteiger charge is 2.54. The number of benzene rings is 2. The van der Waals surface area contributed by atoms with Gasteiger partial charge in [0.05, 0.1) is 16.5 Å². The van der Waals surface area contributed by atoms with Crippen LogP contribution in [-0.2, 0) is 31.0 Å². The van der Waals surface area contributed by atoms with Gasteiger partial charge >= 0.3 is 11.9 Å². The molecule has 4 atom stereocenters. The van der Waals surface area contributed by atoms with Gasteiger partial charge in [-0.05, 0) is 54.8 Å². The van der Waals surface area contributed by atoms with Crippen molar-refractivity contribution in [1.29, 1.82) is 0 Å². The lowest BCUT2D eigenvalue weighted by Crippen LogP contribution is -2.61. The molecule has 2 aromatic carbocycles. The van der Waals surface area contributed by atoms with Gasteiger partial charge in [0.25, 0.3) is 0 Å². The summed E-state index contributed by atoms with van der Waals surface area (Å²) in [5.74, 6) is -0.344. The molecule has 1 aliphatic carbocycles. The summed E-state index contributed by atoms with van der Waals surface area (Å²) in [6.45, 7) is 8.98. The number of hydrogen-bond acceptors (Lipinski definition) is 6. The van der Waals surface area contributed by atoms with Crippen molar-refractivity contribution >= 4 is 41.0 Å². The SMILES string of the molecule is C=CCN1CC[C@@]2(c3cccc(OC(C)=O)c3)C[C@H](N(C)C(=O)Cc3ccc(Cl)c(Cl)c3)CC(OC(C)=O)[C@@H]2C1. The van der Waals surface area contributed by atoms with E-state index in [0.717, 1.165) is 37.2 Å². The third kappa shape index (κ3) is 6.70. The van der Waals surface area contributed by atoms with Gasteiger partial charge in [0, 0.05) is 57.8 Å². The molecule has 1 amide bonds. The number of piperidine rings is 1. The second-order valence-corrected chi connectivity index (χ2v) is 11.7. The Balaban J connectivity index is 1.70. The van der Waals surface area contributed by atoms with Gasteiger partial charge in [-0.25, -0.2) is 0 Å². The second-order valence-electron chi connectivity index (χ2n) is 10.9. The lowest BCUT2D eigenvalue weighted by atomic mass is 9.56. The maximum Gasteiger partial charge on any atom is 0.308 e. The molecule has 0 radical (unpaired) electrons. The van der Waals surface area contributed by atoms with E-state index in [4.69, 9.17) is 32.7 Å². The highest BCUT2D eigenvalue weighted by molar-refractivity contribution is 6.42. The Kier molecular flexibility index (Phi) is 9.60. The molecular formula is C31H36Cl2N2O5. The molecule has 2 fully saturated rings. The van der Waals surface area contributed by atoms with Crippen LogP contribution in [0.5, 0.6) is 5.75 Å². The van der Waals surface area contributed by atoms with Crippen LogP contribution in [0.1, 0.15) is 44.2 Å². The highest BCUT2D eigenvalue weighted by atomic mass is 35.5. The summed E-state index contributed by atoms with van der Waals surface area (Å²) < 4.78 is 11.4. The average molecular weight is 588 g/mol. The fourth-order valence-corrected chi connectivity index (χ4v) is 6.72. The topological polar surface area (TPSA) is 76.2 Å². The van der Waals surface area contributed by atoms with Gasteiger partial charge in [0.2, 0.25) is 5.91 Å². The van der Waals surface area contributed by atoms with Crippen molar-refractivity contribution in [2.24, 2.45) is 5.92 Å². The van der Waals surface area contributed by atoms with Crippen LogP contribution in [0.25, 0.3) is 0 Å². The maximum atomic E-state index is 13.5. The third-order valence-corrected chi connectivity index (χ3v) is 8.99. The minimum Gasteiger partial charge on any atom is -0.462 e. The zero-order chi connectivity index (χ0) is 29.0. The molecule has 9 heteroatoms. The number of amides is 1. The first kappa shape index (κ1) is 30.1. The van der Waals surface area contributed by atoms with Crippen LogP contribution < -0.4 is 4.74 Å². The summed E-state index contributed by atoms with van der Waals surface area (Å²) in [6, 6.07) is 12.6. The van der Waals surface area contributed by atoms with Crippen molar-refractivity contribution in [1.82, 2.24) is 9.80 Å². The van der Waals surface area contributed by atoms with E-state index < -0.39 is 11.5 Å². The van der Waals surface area contributed by atoms with Crippen LogP contribution in [0, 0.1) is 5.92 Å². The Bertz CT molecular complexity index is 1280. The predicted molar refractivity (Wildman–Crippen MR) is 156 cm³/mol. The highest BCUT2D eigenvalue weighted by Crippen LogP contribution is 2.51. The van der Waals surface area contributed by atoms with E-state index in [1.165, 1.54) is 13.8 Å². The van der Waals surface area contributed by atoms with E-state index in [2.05, 4.69) is 11.5 Å². The molecule has 1 saturated carbocycles. The van der Waals surface area contributed by atoms with Crippen LogP contribution in [-0.4, -0.2) is 66.5 Å². The van der Waals surface area contributed by atoms with Gasteiger partial charge in [0.1, 0.15) is 11.9 Å². The molecule has 4 rings (SSSR count). The number of nitrogens with zero attached hydrogens (tertiary/aromatic N) is 2. The fraction of sp³-hybridized carbons (Fsp3) is 0.452. The van der Waals surface area contributed by atoms with Crippen molar-refractivity contribution in [3.63, 3.8) is 0 Å². The van der Waals surface area contributed by atoms with E-state index in [-0.39, 0.29) is 36.2 Å². The number of hydrogen-bond donors (Lipinski definition) is 0. The van der Waals surface area contributed by atoms with E-state index in [1.807, 2.05) is 31.3 Å². The minimum atomic E-state index is -0.408. The number of rotatable bonds is 8. The van der Waals surface area contributed by atoms with Crippen LogP contribution in [0.15, 0.2) is 55.1 Å². The van der Waals surface area contributed by atoms with E-state index >= 15 is 0 Å². The monoisotopic (exact) mass is 586 g/mol. The van der Waals surface area contributed by atoms with Crippen LogP contribution in [0.2, 0.25) is 10.0 Å². The lowest BCUT2D eigenvalue weighted by molar-refractivity contribution is -0.160. The second kappa shape index (κ2) is 12.8. The standard InChI is InChI=1S/C31H36Cl2N2O5/c1-5-12-35-13-11-31(23-7-6-8-25(16-23)39-20(2)36)18-24(17-29(26(31)19-35)40-21(3)37)34(4)30(38)15-22-9-10-27(32)28(33)14-22/h5-10,14,16,24,26,29H,1,11-13,15,17-19H2,2-4H3/t24-,26+,29?,31+/m1/s1. The van der Waals surface area contributed by atoms with E-state index in [1.54, 1.807) is 29.2 Å². The van der Waals surface area contributed by atoms with Crippen LogP contribution in [0.4, 0.5) is 0 Å². The molecule has 0 bridgehead atoms. The molecular weight excluding hydrogens is 551 g/mol. The molecule has 2 aromatic rings. The molecule has 40 heavy (non-hydrogen) atoms. The molecule has 2 aliphatic rings. The van der Waals surface area contributed by atoms with Crippen LogP contribution in [0.3, 0.4) is 0 Å². The number of carbonyl (C=O) groups excluding carboxylic acids is 3. The largest absolute Gasteiger partial charge is 0.462 e. The van der Waals surface area contributed by atoms with Gasteiger partial charge in [-0.2, -0.15) is 0 Å². The zero-order valence-corrected chi connectivity index (χ0v) is 24.7. The molecule has 1 unspecified atom stereocenters. The van der Waals surface area contributed by atoms with Crippen molar-refractivity contribution in [2.45, 2.75) is 57.1 Å². The first-order valence-electron chi connectivity index (χ1n) is 13.5. The first-order valence-corrected chi connectivity index (χ1v) is 14.3. The van der Waals surface area contributed by atoms with E-state index in [9.17, 15) is 14.4 Å². The summed E-state index contributed by atoms with van der Waals surface area (Å²) in [5, 5.41) is 0.845. The van der Waals surface area contributed by atoms with Gasteiger partial charge in [-0.1, -0.05) is 47.5 Å². The predicted octanol–water partition coefficient (Wildman–Crippen LogP) is 5.46. The number of esters is 2. The number of halogens is 2. The number of likely N-dealkylation sites (tertiary alicyclic amines) is 1. The van der Waals surface area contributed by atoms with Gasteiger partial charge < -0.3 is 14.4 Å². The Labute approximate surface area is 246 Å². The zero-order valence-electron chi connectivity index (χ0n) is 23.2. The minimum absolute atomic E-state index is 0.0208. The quantitative estimate of drug-likeness (QED) is 0.232. The van der Waals surface area contributed by atoms with Crippen molar-refractivity contribution in [3.8, 4) is 5.75 Å². The molecule has 1 heterocycles. The Hall–Kier alpha value is -2.87. The van der Waals surface area contributed by atoms with Crippen LogP contribution >= 0.6 is 23.2 Å². The summed E-state index contributed by atoms with van der Waals surface area (Å²) in [7, 11) is 1.81. The van der Waals surface area contributed by atoms with Crippen molar-refractivity contribution in [3.05, 3.63) is 76.3 Å². The fourth-order valence-electron chi connectivity index (χ4n) is 6.40. The van der Waals surface area contributed by atoms with Gasteiger partial charge in [0.15, 0.2) is 0 Å². The molecule has 7 nitrogen and oxygen atoms in total. The Morgan fingerprint density at radius 2 is 1.90 bits per heavy atom. The first-order chi connectivity index (χ1) is 19.0. The summed E-state index contributed by atoms with van der Waals surface area (Å²) >= 11 is 12.2.